The van der Waals surface area contributed by atoms with Crippen LogP contribution in [0.3, 0.4) is 0 Å². The molecule has 2 aliphatic heterocycles. The molecule has 0 bridgehead atoms. The van der Waals surface area contributed by atoms with Gasteiger partial charge in [0.1, 0.15) is 17.4 Å². The molecule has 1 atom stereocenters. The summed E-state index contributed by atoms with van der Waals surface area (Å²) in [6.07, 6.45) is -4.34. The molecule has 2 aromatic rings. The molecule has 0 aromatic heterocycles. The van der Waals surface area contributed by atoms with Gasteiger partial charge in [0.05, 0.1) is 27.8 Å². The van der Waals surface area contributed by atoms with Crippen molar-refractivity contribution in [1.82, 2.24) is 0 Å². The summed E-state index contributed by atoms with van der Waals surface area (Å²) in [6.45, 7) is 3.32. The minimum atomic E-state index is -4.76. The number of thiocarbonyl (C=S) groups is 1. The van der Waals surface area contributed by atoms with Crippen LogP contribution in [0.1, 0.15) is 31.4 Å². The quantitative estimate of drug-likeness (QED) is 0.600. The Balaban J connectivity index is 1.71. The molecule has 11 heteroatoms. The van der Waals surface area contributed by atoms with Gasteiger partial charge in [-0.3, -0.25) is 9.69 Å². The van der Waals surface area contributed by atoms with Crippen molar-refractivity contribution in [2.45, 2.75) is 43.0 Å². The number of hydrogen-bond donors (Lipinski definition) is 1. The van der Waals surface area contributed by atoms with E-state index in [2.05, 4.69) is 0 Å². The van der Waals surface area contributed by atoms with Crippen molar-refractivity contribution in [2.24, 2.45) is 0 Å². The summed E-state index contributed by atoms with van der Waals surface area (Å²) >= 11 is 7.13. The van der Waals surface area contributed by atoms with Crippen LogP contribution in [-0.4, -0.2) is 40.1 Å². The molecular weight excluding hydrogens is 487 g/mol. The first-order valence-electron chi connectivity index (χ1n) is 10.3. The van der Waals surface area contributed by atoms with E-state index in [9.17, 15) is 18.0 Å². The minimum absolute atomic E-state index is 0.0260. The normalized spacial score (nSPS) is 19.6. The zero-order valence-corrected chi connectivity index (χ0v) is 19.9. The largest absolute Gasteiger partial charge is 0.488 e. The van der Waals surface area contributed by atoms with Gasteiger partial charge < -0.3 is 14.7 Å². The van der Waals surface area contributed by atoms with E-state index >= 15 is 0 Å². The topological polar surface area (TPSA) is 76.8 Å². The zero-order valence-electron chi connectivity index (χ0n) is 18.2. The first-order chi connectivity index (χ1) is 16.0. The van der Waals surface area contributed by atoms with Crippen LogP contribution in [0.5, 0.6) is 5.75 Å². The number of carbonyl (C=O) groups is 1. The second kappa shape index (κ2) is 8.76. The molecule has 2 aromatic carbocycles. The summed E-state index contributed by atoms with van der Waals surface area (Å²) in [5.74, 6) is 0.827. The summed E-state index contributed by atoms with van der Waals surface area (Å²) in [4.78, 5) is 16.9. The predicted octanol–water partition coefficient (Wildman–Crippen LogP) is 4.73. The molecule has 0 spiro atoms. The molecular formula is C23H20F3N3O3S2. The third-order valence-corrected chi connectivity index (χ3v) is 7.24. The molecule has 2 heterocycles. The number of alkyl halides is 3. The number of aliphatic hydroxyl groups excluding tert-OH is 1. The fourth-order valence-corrected chi connectivity index (χ4v) is 5.57. The van der Waals surface area contributed by atoms with E-state index in [1.807, 2.05) is 6.07 Å². The molecule has 6 nitrogen and oxygen atoms in total. The van der Waals surface area contributed by atoms with Gasteiger partial charge in [-0.25, -0.2) is 0 Å². The van der Waals surface area contributed by atoms with Gasteiger partial charge in [0.2, 0.25) is 0 Å². The highest BCUT2D eigenvalue weighted by Gasteiger charge is 2.51. The van der Waals surface area contributed by atoms with Gasteiger partial charge in [0, 0.05) is 24.5 Å². The van der Waals surface area contributed by atoms with Gasteiger partial charge in [0.25, 0.3) is 5.91 Å². The van der Waals surface area contributed by atoms with Crippen molar-refractivity contribution in [2.75, 3.05) is 22.2 Å². The highest BCUT2D eigenvalue weighted by Crippen LogP contribution is 2.43. The summed E-state index contributed by atoms with van der Waals surface area (Å²) in [6, 6.07) is 9.98. The lowest BCUT2D eigenvalue weighted by Gasteiger charge is -2.31. The molecule has 1 N–H and O–H groups in total. The number of thioether (sulfide) groups is 1. The van der Waals surface area contributed by atoms with Gasteiger partial charge in [-0.2, -0.15) is 18.4 Å². The molecule has 1 amide bonds. The number of nitrogens with zero attached hydrogens (tertiary/aromatic N) is 3. The average Bonchev–Trinajstić information content (AvgIpc) is 2.96. The van der Waals surface area contributed by atoms with Crippen molar-refractivity contribution in [3.8, 4) is 11.8 Å². The number of rotatable bonds is 4. The molecule has 1 fully saturated rings. The number of anilines is 2. The Morgan fingerprint density at radius 3 is 2.62 bits per heavy atom. The Bertz CT molecular complexity index is 1210. The number of hydrogen-bond acceptors (Lipinski definition) is 6. The van der Waals surface area contributed by atoms with Crippen LogP contribution < -0.4 is 14.5 Å². The Labute approximate surface area is 203 Å². The minimum Gasteiger partial charge on any atom is -0.488 e. The maximum Gasteiger partial charge on any atom is 0.417 e. The Hall–Kier alpha value is -2.81. The Morgan fingerprint density at radius 1 is 1.26 bits per heavy atom. The van der Waals surface area contributed by atoms with Crippen molar-refractivity contribution in [1.29, 1.82) is 5.26 Å². The number of aliphatic hydroxyl groups is 1. The molecule has 0 radical (unpaired) electrons. The lowest BCUT2D eigenvalue weighted by Crippen LogP contribution is -2.44. The van der Waals surface area contributed by atoms with Crippen LogP contribution in [0.4, 0.5) is 24.5 Å². The maximum absolute atomic E-state index is 13.5. The van der Waals surface area contributed by atoms with Crippen LogP contribution in [0.15, 0.2) is 41.3 Å². The molecule has 178 valence electrons. The second-order valence-corrected chi connectivity index (χ2v) is 9.78. The van der Waals surface area contributed by atoms with Crippen molar-refractivity contribution in [3.05, 3.63) is 47.5 Å². The maximum atomic E-state index is 13.5. The number of nitriles is 1. The highest BCUT2D eigenvalue weighted by atomic mass is 32.2. The van der Waals surface area contributed by atoms with E-state index in [1.165, 1.54) is 12.1 Å². The molecule has 0 unspecified atom stereocenters. The van der Waals surface area contributed by atoms with Crippen LogP contribution >= 0.6 is 24.0 Å². The number of carbonyl (C=O) groups excluding carboxylic acids is 1. The van der Waals surface area contributed by atoms with Crippen molar-refractivity contribution >= 4 is 46.4 Å². The van der Waals surface area contributed by atoms with Gasteiger partial charge >= 0.3 is 6.18 Å². The van der Waals surface area contributed by atoms with E-state index in [-0.39, 0.29) is 23.5 Å². The molecule has 4 rings (SSSR count). The van der Waals surface area contributed by atoms with Crippen LogP contribution in [-0.2, 0) is 11.0 Å². The number of halogens is 3. The molecule has 0 aliphatic carbocycles. The first kappa shape index (κ1) is 24.3. The molecule has 1 saturated heterocycles. The highest BCUT2D eigenvalue weighted by molar-refractivity contribution is 7.99. The van der Waals surface area contributed by atoms with E-state index in [0.29, 0.717) is 23.6 Å². The zero-order chi connectivity index (χ0) is 24.8. The molecule has 0 saturated carbocycles. The number of ether oxygens (including phenoxy) is 1. The summed E-state index contributed by atoms with van der Waals surface area (Å²) in [5.41, 5.74) is -2.28. The van der Waals surface area contributed by atoms with Crippen LogP contribution in [0, 0.1) is 11.3 Å². The van der Waals surface area contributed by atoms with Gasteiger partial charge in [-0.1, -0.05) is 0 Å². The monoisotopic (exact) mass is 507 g/mol. The number of benzene rings is 2. The third kappa shape index (κ3) is 4.10. The van der Waals surface area contributed by atoms with E-state index in [1.54, 1.807) is 42.6 Å². The number of fused-ring (bicyclic) bond motifs is 1. The fourth-order valence-electron chi connectivity index (χ4n) is 3.99. The lowest BCUT2D eigenvalue weighted by atomic mass is 10.0. The predicted molar refractivity (Wildman–Crippen MR) is 126 cm³/mol. The fraction of sp³-hybridized carbons (Fsp3) is 0.348. The first-order valence-corrected chi connectivity index (χ1v) is 11.7. The van der Waals surface area contributed by atoms with E-state index in [0.717, 1.165) is 21.9 Å². The third-order valence-electron chi connectivity index (χ3n) is 5.71. The molecule has 34 heavy (non-hydrogen) atoms. The van der Waals surface area contributed by atoms with E-state index in [4.69, 9.17) is 27.3 Å². The summed E-state index contributed by atoms with van der Waals surface area (Å²) in [7, 11) is 0. The Kier molecular flexibility index (Phi) is 6.27. The smallest absolute Gasteiger partial charge is 0.417 e. The SMILES string of the molecule is CC1(C)C(=O)N(c2ccc(C#N)c(C(F)(F)F)c2)C(=S)N1c1ccc2c(c1)SC[C@@H](CCO)O2. The second-order valence-electron chi connectivity index (χ2n) is 8.35. The van der Waals surface area contributed by atoms with Crippen LogP contribution in [0.25, 0.3) is 0 Å². The van der Waals surface area contributed by atoms with Gasteiger partial charge in [-0.15, -0.1) is 11.8 Å². The Morgan fingerprint density at radius 2 is 1.97 bits per heavy atom. The summed E-state index contributed by atoms with van der Waals surface area (Å²) in [5, 5.41) is 18.3. The van der Waals surface area contributed by atoms with Gasteiger partial charge in [-0.05, 0) is 62.5 Å². The van der Waals surface area contributed by atoms with Crippen LogP contribution in [0.2, 0.25) is 0 Å². The lowest BCUT2D eigenvalue weighted by molar-refractivity contribution is -0.137. The molecule has 2 aliphatic rings. The van der Waals surface area contributed by atoms with Crippen molar-refractivity contribution in [3.63, 3.8) is 0 Å². The number of amides is 1. The summed E-state index contributed by atoms with van der Waals surface area (Å²) < 4.78 is 46.4. The standard InChI is InChI=1S/C23H20F3N3O3S2/c1-22(2)20(31)28(14-4-3-13(11-27)17(9-14)23(24,25)26)21(33)29(22)15-5-6-18-19(10-15)34-12-16(32-18)7-8-30/h3-6,9-10,16,30H,7-8,12H2,1-2H3/t16-/m1/s1. The van der Waals surface area contributed by atoms with Crippen molar-refractivity contribution < 1.29 is 27.8 Å². The average molecular weight is 508 g/mol. The van der Waals surface area contributed by atoms with Gasteiger partial charge in [0.15, 0.2) is 5.11 Å². The van der Waals surface area contributed by atoms with E-state index < -0.39 is 28.7 Å².